The number of anilines is 10. The van der Waals surface area contributed by atoms with E-state index >= 15 is 0 Å². The normalized spacial score (nSPS) is 18.4. The van der Waals surface area contributed by atoms with Gasteiger partial charge in [0.05, 0.1) is 133 Å². The average Bonchev–Trinajstić information content (AvgIpc) is 1.74. The van der Waals surface area contributed by atoms with Crippen LogP contribution in [0.4, 0.5) is 77.1 Å². The summed E-state index contributed by atoms with van der Waals surface area (Å²) < 4.78 is 34.0. The summed E-state index contributed by atoms with van der Waals surface area (Å²) in [7, 11) is 0. The van der Waals surface area contributed by atoms with Crippen molar-refractivity contribution in [1.82, 2.24) is 86.0 Å². The molecule has 37 heteroatoms. The topological polar surface area (TPSA) is 397 Å². The van der Waals surface area contributed by atoms with Gasteiger partial charge >= 0.3 is 24.1 Å². The third kappa shape index (κ3) is 23.2. The number of nitrogens with zero attached hydrogens (tertiary/aromatic N) is 19. The van der Waals surface area contributed by atoms with Crippen molar-refractivity contribution in [3.63, 3.8) is 0 Å². The van der Waals surface area contributed by atoms with Gasteiger partial charge in [0.25, 0.3) is 0 Å². The van der Waals surface area contributed by atoms with Crippen LogP contribution >= 0.6 is 0 Å². The fourth-order valence-electron chi connectivity index (χ4n) is 17.2. The molecule has 133 heavy (non-hydrogen) atoms. The highest BCUT2D eigenvalue weighted by Gasteiger charge is 2.40. The lowest BCUT2D eigenvalue weighted by atomic mass is 10.0. The minimum Gasteiger partial charge on any atom is -0.378 e. The molecule has 9 aliphatic heterocycles. The lowest BCUT2D eigenvalue weighted by Crippen LogP contribution is -2.51. The third-order valence-electron chi connectivity index (χ3n) is 24.3. The first-order chi connectivity index (χ1) is 64.3. The van der Waals surface area contributed by atoms with Crippen LogP contribution in [0.1, 0.15) is 115 Å². The fourth-order valence-corrected chi connectivity index (χ4v) is 17.2. The molecule has 9 aliphatic rings. The van der Waals surface area contributed by atoms with E-state index in [1.54, 1.807) is 24.8 Å². The van der Waals surface area contributed by atoms with Crippen molar-refractivity contribution < 1.29 is 47.6 Å². The summed E-state index contributed by atoms with van der Waals surface area (Å²) in [5.41, 5.74) is 14.8. The van der Waals surface area contributed by atoms with Crippen LogP contribution < -0.4 is 71.9 Å². The molecule has 6 aromatic heterocycles. The van der Waals surface area contributed by atoms with Crippen LogP contribution in [0.3, 0.4) is 0 Å². The van der Waals surface area contributed by atoms with Crippen molar-refractivity contribution in [1.29, 1.82) is 0 Å². The number of hydrogen-bond acceptors (Lipinski definition) is 29. The lowest BCUT2D eigenvalue weighted by Gasteiger charge is -2.41. The van der Waals surface area contributed by atoms with E-state index in [1.165, 1.54) is 16.7 Å². The van der Waals surface area contributed by atoms with Crippen molar-refractivity contribution >= 4 is 82.0 Å². The Hall–Kier alpha value is -13.0. The standard InChI is InChI=1S/C25H30N8O2.C24H28N8O2.C24H32N6O3.C22H29N5O3.CH4/c1-3-26-25(34)29-19-7-5-18(6-8-19)22-30-21-15-32(24-27-10-4-11-28-24)12-9-20(21)23(31-22)33-13-14-35-16-17(33)2;1-2-25-24(33)28-18-6-4-17(5-7-18)21-29-20-16-32(23-26-9-3-10-27-23)11-8-19(20)22(30-21)31-12-14-34-15-13-31;1-3-25-24(31)26-18-6-4-17(5-7-18)22-27-21-12-29(19-14-33-15-19)9-8-20(21)23(28-22)30-10-11-32-13-16(30)2;1-5-23-21(28)24-16-8-6-15(7-9-16)19-25-18-17(13-30-22(18,3)4)20(26-19)27-10-11-29-12-14(27)2;/h4-8,10-11,17H,3,9,12-16H2,1-2H3,(H2,26,29,34);3-7,9-10H,2,8,11-16H2,1H3,(H2,25,28,33);4-7,16,19H,3,8-15H2,1-2H3,(H2,25,26,31);6-9,14H,5,10-13H2,1-4H3,(H2,23,24,28);1H4/t17-;;16-;14-;/m0.00./s1. The Kier molecular flexibility index (Phi) is 31.6. The largest absolute Gasteiger partial charge is 0.378 e. The van der Waals surface area contributed by atoms with E-state index in [4.69, 9.17) is 68.3 Å². The zero-order valence-corrected chi connectivity index (χ0v) is 76.6. The van der Waals surface area contributed by atoms with Gasteiger partial charge in [0.1, 0.15) is 28.9 Å². The van der Waals surface area contributed by atoms with Gasteiger partial charge in [-0.2, -0.15) is 0 Å². The Labute approximate surface area is 776 Å². The van der Waals surface area contributed by atoms with Crippen molar-refractivity contribution in [3.8, 4) is 45.6 Å². The summed E-state index contributed by atoms with van der Waals surface area (Å²) in [5, 5.41) is 22.2. The number of benzene rings is 4. The molecule has 4 aromatic carbocycles. The van der Waals surface area contributed by atoms with Gasteiger partial charge < -0.3 is 100 Å². The van der Waals surface area contributed by atoms with Gasteiger partial charge in [0.2, 0.25) is 11.9 Å². The molecular weight excluding hydrogens is 1690 g/mol. The highest BCUT2D eigenvalue weighted by Crippen LogP contribution is 2.42. The van der Waals surface area contributed by atoms with Gasteiger partial charge in [0, 0.05) is 177 Å². The number of fused-ring (bicyclic) bond motifs is 4. The summed E-state index contributed by atoms with van der Waals surface area (Å²) in [5.74, 6) is 8.08. The summed E-state index contributed by atoms with van der Waals surface area (Å²) >= 11 is 0. The molecular formula is C96H123N27O10. The summed E-state index contributed by atoms with van der Waals surface area (Å²) in [6.07, 6.45) is 9.65. The van der Waals surface area contributed by atoms with Crippen LogP contribution in [-0.4, -0.2) is 258 Å². The molecule has 3 atom stereocenters. The maximum absolute atomic E-state index is 11.8. The van der Waals surface area contributed by atoms with Crippen molar-refractivity contribution in [2.24, 2.45) is 0 Å². The highest BCUT2D eigenvalue weighted by atomic mass is 16.5. The number of amides is 8. The first-order valence-corrected chi connectivity index (χ1v) is 45.9. The number of urea groups is 4. The summed E-state index contributed by atoms with van der Waals surface area (Å²) in [6, 6.07) is 34.5. The first-order valence-electron chi connectivity index (χ1n) is 45.9. The van der Waals surface area contributed by atoms with Gasteiger partial charge in [-0.05, 0) is 191 Å². The van der Waals surface area contributed by atoms with Crippen LogP contribution in [0, 0.1) is 0 Å². The molecule has 8 amide bonds. The molecule has 5 saturated heterocycles. The fraction of sp³-hybridized carbons (Fsp3) is 0.458. The molecule has 702 valence electrons. The summed E-state index contributed by atoms with van der Waals surface area (Å²) in [6.45, 7) is 36.8. The number of carbonyl (C=O) groups excluding carboxylic acids is 4. The molecule has 15 heterocycles. The van der Waals surface area contributed by atoms with Gasteiger partial charge in [0.15, 0.2) is 23.3 Å². The zero-order chi connectivity index (χ0) is 91.6. The van der Waals surface area contributed by atoms with E-state index in [0.717, 1.165) is 182 Å². The van der Waals surface area contributed by atoms with Crippen LogP contribution in [-0.2, 0) is 79.5 Å². The second kappa shape index (κ2) is 44.5. The second-order valence-corrected chi connectivity index (χ2v) is 33.9. The predicted molar refractivity (Wildman–Crippen MR) is 513 cm³/mol. The molecule has 10 aromatic rings. The SMILES string of the molecule is C.CCNC(=O)Nc1ccc(-c2nc(N3CCOC[C@@H]3C)c3c(n2)C(C)(C)OC3)cc1.CCNC(=O)Nc1ccc(-c2nc3c(c(N4CCOCC4)n2)CCN(c2ncccn2)C3)cc1.CCNC(=O)Nc1ccc(-c2nc3c(c(N4CCOC[C@@H]4C)n2)CCN(C2COC2)C3)cc1.CCNC(=O)Nc1ccc(-c2nc3c(c(N4CCOC[C@@H]4C)n2)CCN(c2ncccn2)C3)cc1. The molecule has 37 nitrogen and oxygen atoms in total. The smallest absolute Gasteiger partial charge is 0.319 e. The van der Waals surface area contributed by atoms with E-state index in [2.05, 4.69) is 118 Å². The minimum atomic E-state index is -0.461. The Morgan fingerprint density at radius 3 is 1.05 bits per heavy atom. The predicted octanol–water partition coefficient (Wildman–Crippen LogP) is 11.5. The molecule has 8 N–H and O–H groups in total. The molecule has 5 fully saturated rings. The molecule has 0 unspecified atom stereocenters. The van der Waals surface area contributed by atoms with E-state index in [1.807, 2.05) is 151 Å². The van der Waals surface area contributed by atoms with Crippen LogP contribution in [0.5, 0.6) is 0 Å². The number of carbonyl (C=O) groups is 4. The number of hydrogen-bond donors (Lipinski definition) is 8. The van der Waals surface area contributed by atoms with Crippen LogP contribution in [0.25, 0.3) is 45.6 Å². The number of nitrogens with one attached hydrogen (secondary N) is 8. The minimum absolute atomic E-state index is 0. The Bertz CT molecular complexity index is 5590. The van der Waals surface area contributed by atoms with Gasteiger partial charge in [-0.25, -0.2) is 79.0 Å². The highest BCUT2D eigenvalue weighted by molar-refractivity contribution is 5.92. The quantitative estimate of drug-likeness (QED) is 0.0373. The van der Waals surface area contributed by atoms with Crippen molar-refractivity contribution in [2.75, 3.05) is 195 Å². The van der Waals surface area contributed by atoms with Crippen molar-refractivity contribution in [3.05, 3.63) is 179 Å². The molecule has 0 bridgehead atoms. The zero-order valence-electron chi connectivity index (χ0n) is 76.6. The maximum atomic E-state index is 11.8. The molecule has 19 rings (SSSR count). The van der Waals surface area contributed by atoms with Crippen LogP contribution in [0.2, 0.25) is 0 Å². The van der Waals surface area contributed by atoms with Gasteiger partial charge in [-0.15, -0.1) is 0 Å². The molecule has 0 aliphatic carbocycles. The third-order valence-corrected chi connectivity index (χ3v) is 24.3. The Morgan fingerprint density at radius 1 is 0.368 bits per heavy atom. The Balaban J connectivity index is 0.000000135. The van der Waals surface area contributed by atoms with E-state index in [9.17, 15) is 19.2 Å². The van der Waals surface area contributed by atoms with Gasteiger partial charge in [-0.3, -0.25) is 4.90 Å². The number of morpholine rings is 4. The first kappa shape index (κ1) is 94.6. The monoisotopic (exact) mass is 1810 g/mol. The van der Waals surface area contributed by atoms with Gasteiger partial charge in [-0.1, -0.05) is 7.43 Å². The van der Waals surface area contributed by atoms with Crippen LogP contribution in [0.15, 0.2) is 134 Å². The molecule has 0 spiro atoms. The van der Waals surface area contributed by atoms with E-state index < -0.39 is 5.60 Å². The maximum Gasteiger partial charge on any atom is 0.319 e. The second-order valence-electron chi connectivity index (χ2n) is 33.9. The van der Waals surface area contributed by atoms with E-state index in [0.29, 0.717) is 146 Å². The Morgan fingerprint density at radius 2 is 0.699 bits per heavy atom. The average molecular weight is 1820 g/mol. The lowest BCUT2D eigenvalue weighted by molar-refractivity contribution is -0.0699. The number of aromatic nitrogens is 12. The molecule has 0 radical (unpaired) electrons. The number of ether oxygens (including phenoxy) is 6. The number of rotatable bonds is 19. The van der Waals surface area contributed by atoms with Crippen molar-refractivity contribution in [2.45, 2.75) is 145 Å². The summed E-state index contributed by atoms with van der Waals surface area (Å²) in [4.78, 5) is 121. The molecule has 0 saturated carbocycles. The van der Waals surface area contributed by atoms with E-state index in [-0.39, 0.29) is 49.7 Å².